The third kappa shape index (κ3) is 3.46. The first-order valence-corrected chi connectivity index (χ1v) is 8.46. The lowest BCUT2D eigenvalue weighted by Gasteiger charge is -2.21. The highest BCUT2D eigenvalue weighted by Gasteiger charge is 2.28. The van der Waals surface area contributed by atoms with Gasteiger partial charge in [0.25, 0.3) is 0 Å². The first-order chi connectivity index (χ1) is 10.2. The molecular formula is C18H28N2O. The topological polar surface area (TPSA) is 25.4 Å². The van der Waals surface area contributed by atoms with Crippen LogP contribution in [0.5, 0.6) is 0 Å². The third-order valence-electron chi connectivity index (χ3n) is 5.09. The highest BCUT2D eigenvalue weighted by atomic mass is 16.5. The van der Waals surface area contributed by atoms with Gasteiger partial charge in [-0.05, 0) is 50.3 Å². The van der Waals surface area contributed by atoms with E-state index in [-0.39, 0.29) is 0 Å². The van der Waals surface area contributed by atoms with Gasteiger partial charge in [0.05, 0.1) is 12.3 Å². The minimum Gasteiger partial charge on any atom is -0.381 e. The Morgan fingerprint density at radius 2 is 2.14 bits per heavy atom. The quantitative estimate of drug-likeness (QED) is 0.798. The van der Waals surface area contributed by atoms with E-state index in [4.69, 9.17) is 9.72 Å². The normalized spacial score (nSPS) is 23.7. The molecule has 116 valence electrons. The maximum absolute atomic E-state index is 5.59. The highest BCUT2D eigenvalue weighted by Crippen LogP contribution is 2.32. The van der Waals surface area contributed by atoms with Gasteiger partial charge < -0.3 is 4.74 Å². The fraction of sp³-hybridized carbons (Fsp3) is 0.722. The summed E-state index contributed by atoms with van der Waals surface area (Å²) in [4.78, 5) is 7.52. The molecule has 1 unspecified atom stereocenters. The molecule has 3 rings (SSSR count). The minimum atomic E-state index is 0.545. The molecule has 0 N–H and O–H groups in total. The van der Waals surface area contributed by atoms with Gasteiger partial charge in [0.1, 0.15) is 0 Å². The highest BCUT2D eigenvalue weighted by molar-refractivity contribution is 5.29. The lowest BCUT2D eigenvalue weighted by Crippen LogP contribution is -2.22. The number of ether oxygens (including phenoxy) is 1. The second kappa shape index (κ2) is 6.45. The van der Waals surface area contributed by atoms with E-state index in [1.54, 1.807) is 0 Å². The Morgan fingerprint density at radius 1 is 1.33 bits per heavy atom. The maximum Gasteiger partial charge on any atom is 0.0583 e. The van der Waals surface area contributed by atoms with E-state index in [0.29, 0.717) is 11.8 Å². The van der Waals surface area contributed by atoms with Gasteiger partial charge in [0.2, 0.25) is 0 Å². The van der Waals surface area contributed by atoms with Crippen LogP contribution in [0.25, 0.3) is 0 Å². The fourth-order valence-corrected chi connectivity index (χ4v) is 3.17. The van der Waals surface area contributed by atoms with E-state index >= 15 is 0 Å². The molecule has 1 saturated heterocycles. The summed E-state index contributed by atoms with van der Waals surface area (Å²) in [6, 6.07) is 5.35. The molecule has 0 aromatic carbocycles. The summed E-state index contributed by atoms with van der Waals surface area (Å²) in [6.07, 6.45) is 4.99. The average Bonchev–Trinajstić information content (AvgIpc) is 3.22. The molecule has 2 fully saturated rings. The lowest BCUT2D eigenvalue weighted by molar-refractivity contribution is 0.193. The first-order valence-electron chi connectivity index (χ1n) is 8.46. The summed E-state index contributed by atoms with van der Waals surface area (Å²) in [5, 5.41) is 0. The van der Waals surface area contributed by atoms with Crippen LogP contribution < -0.4 is 0 Å². The van der Waals surface area contributed by atoms with E-state index in [9.17, 15) is 0 Å². The Morgan fingerprint density at radius 3 is 2.76 bits per heavy atom. The number of aromatic nitrogens is 1. The number of pyridine rings is 1. The van der Waals surface area contributed by atoms with Crippen LogP contribution in [0.3, 0.4) is 0 Å². The van der Waals surface area contributed by atoms with Gasteiger partial charge in [-0.3, -0.25) is 9.88 Å². The van der Waals surface area contributed by atoms with Gasteiger partial charge in [-0.25, -0.2) is 0 Å². The fourth-order valence-electron chi connectivity index (χ4n) is 3.17. The van der Waals surface area contributed by atoms with Crippen molar-refractivity contribution in [2.75, 3.05) is 20.3 Å². The lowest BCUT2D eigenvalue weighted by atomic mass is 9.94. The van der Waals surface area contributed by atoms with Crippen LogP contribution in [0.1, 0.15) is 68.3 Å². The van der Waals surface area contributed by atoms with Gasteiger partial charge in [-0.15, -0.1) is 0 Å². The van der Waals surface area contributed by atoms with Crippen molar-refractivity contribution in [1.82, 2.24) is 9.88 Å². The summed E-state index contributed by atoms with van der Waals surface area (Å²) in [5.74, 6) is 1.09. The Balaban J connectivity index is 1.86. The van der Waals surface area contributed by atoms with E-state index in [1.807, 2.05) is 0 Å². The summed E-state index contributed by atoms with van der Waals surface area (Å²) in [5.41, 5.74) is 3.96. The van der Waals surface area contributed by atoms with Crippen LogP contribution in [0.2, 0.25) is 0 Å². The monoisotopic (exact) mass is 288 g/mol. The van der Waals surface area contributed by atoms with E-state index in [0.717, 1.165) is 38.6 Å². The summed E-state index contributed by atoms with van der Waals surface area (Å²) in [7, 11) is 2.24. The molecule has 2 atom stereocenters. The van der Waals surface area contributed by atoms with Crippen LogP contribution in [0.15, 0.2) is 12.1 Å². The summed E-state index contributed by atoms with van der Waals surface area (Å²) < 4.78 is 5.59. The minimum absolute atomic E-state index is 0.545. The van der Waals surface area contributed by atoms with Crippen LogP contribution >= 0.6 is 0 Å². The number of rotatable bonds is 6. The molecule has 1 aliphatic carbocycles. The molecule has 0 bridgehead atoms. The zero-order chi connectivity index (χ0) is 14.8. The van der Waals surface area contributed by atoms with Gasteiger partial charge in [0, 0.05) is 30.8 Å². The molecule has 0 spiro atoms. The number of nitrogens with zero attached hydrogens (tertiary/aromatic N) is 2. The zero-order valence-corrected chi connectivity index (χ0v) is 13.6. The molecule has 1 aromatic heterocycles. The van der Waals surface area contributed by atoms with Crippen LogP contribution in [0, 0.1) is 0 Å². The smallest absolute Gasteiger partial charge is 0.0583 e. The number of hydrogen-bond acceptors (Lipinski definition) is 3. The van der Waals surface area contributed by atoms with Crippen LogP contribution in [-0.2, 0) is 11.3 Å². The predicted octanol–water partition coefficient (Wildman–Crippen LogP) is 3.69. The Labute approximate surface area is 128 Å². The molecule has 0 amide bonds. The molecule has 2 aliphatic rings. The molecule has 3 heteroatoms. The van der Waals surface area contributed by atoms with Gasteiger partial charge >= 0.3 is 0 Å². The van der Waals surface area contributed by atoms with Crippen molar-refractivity contribution in [1.29, 1.82) is 0 Å². The molecular weight excluding hydrogens is 260 g/mol. The molecule has 1 aliphatic heterocycles. The average molecular weight is 288 g/mol. The molecule has 1 aromatic rings. The summed E-state index contributed by atoms with van der Waals surface area (Å²) >= 11 is 0. The van der Waals surface area contributed by atoms with Crippen molar-refractivity contribution in [2.24, 2.45) is 0 Å². The van der Waals surface area contributed by atoms with Gasteiger partial charge in [0.15, 0.2) is 0 Å². The standard InChI is InChI=1S/C18H28N2O/c1-4-13(2)17-8-7-16(14-9-10-21-12-14)18(19-17)11-20(3)15-5-6-15/h7-8,13-15H,4-6,9-12H2,1-3H3/t13?,14-/m1/s1. The molecule has 3 nitrogen and oxygen atoms in total. The van der Waals surface area contributed by atoms with Crippen molar-refractivity contribution >= 4 is 0 Å². The number of hydrogen-bond donors (Lipinski definition) is 0. The summed E-state index contributed by atoms with van der Waals surface area (Å²) in [6.45, 7) is 7.26. The maximum atomic E-state index is 5.59. The predicted molar refractivity (Wildman–Crippen MR) is 85.6 cm³/mol. The van der Waals surface area contributed by atoms with Crippen molar-refractivity contribution in [3.8, 4) is 0 Å². The second-order valence-electron chi connectivity index (χ2n) is 6.79. The van der Waals surface area contributed by atoms with Gasteiger partial charge in [-0.1, -0.05) is 19.9 Å². The van der Waals surface area contributed by atoms with Crippen molar-refractivity contribution in [3.63, 3.8) is 0 Å². The second-order valence-corrected chi connectivity index (χ2v) is 6.79. The van der Waals surface area contributed by atoms with E-state index < -0.39 is 0 Å². The molecule has 0 radical (unpaired) electrons. The van der Waals surface area contributed by atoms with Crippen molar-refractivity contribution in [3.05, 3.63) is 29.1 Å². The van der Waals surface area contributed by atoms with Crippen LogP contribution in [0.4, 0.5) is 0 Å². The first kappa shape index (κ1) is 15.0. The Hall–Kier alpha value is -0.930. The third-order valence-corrected chi connectivity index (χ3v) is 5.09. The Bertz CT molecular complexity index is 478. The van der Waals surface area contributed by atoms with E-state index in [1.165, 1.54) is 29.8 Å². The van der Waals surface area contributed by atoms with Crippen LogP contribution in [-0.4, -0.2) is 36.2 Å². The Kier molecular flexibility index (Phi) is 4.60. The largest absolute Gasteiger partial charge is 0.381 e. The molecule has 1 saturated carbocycles. The van der Waals surface area contributed by atoms with Gasteiger partial charge in [-0.2, -0.15) is 0 Å². The molecule has 2 heterocycles. The molecule has 21 heavy (non-hydrogen) atoms. The van der Waals surface area contributed by atoms with Crippen molar-refractivity contribution in [2.45, 2.75) is 64.0 Å². The zero-order valence-electron chi connectivity index (χ0n) is 13.6. The van der Waals surface area contributed by atoms with E-state index in [2.05, 4.69) is 37.9 Å². The SMILES string of the molecule is CCC(C)c1ccc([C@@H]2CCOC2)c(CN(C)C2CC2)n1. The van der Waals surface area contributed by atoms with Crippen molar-refractivity contribution < 1.29 is 4.74 Å².